The molecule has 6 nitrogen and oxygen atoms in total. The number of benzene rings is 1. The molecule has 0 radical (unpaired) electrons. The fourth-order valence-electron chi connectivity index (χ4n) is 2.01. The molecule has 2 heterocycles. The van der Waals surface area contributed by atoms with Gasteiger partial charge in [0.15, 0.2) is 12.0 Å². The number of carbonyl (C=O) groups is 2. The van der Waals surface area contributed by atoms with Gasteiger partial charge >= 0.3 is 5.97 Å². The Morgan fingerprint density at radius 3 is 2.85 bits per heavy atom. The Kier molecular flexibility index (Phi) is 2.76. The molecule has 3 rings (SSSR count). The Labute approximate surface area is 113 Å². The average molecular weight is 267 g/mol. The molecule has 3 aromatic rings. The van der Waals surface area contributed by atoms with Crippen LogP contribution in [0.4, 0.5) is 0 Å². The van der Waals surface area contributed by atoms with Crippen molar-refractivity contribution in [3.63, 3.8) is 0 Å². The van der Waals surface area contributed by atoms with Crippen molar-refractivity contribution < 1.29 is 14.7 Å². The zero-order chi connectivity index (χ0) is 14.1. The van der Waals surface area contributed by atoms with Crippen LogP contribution >= 0.6 is 0 Å². The highest BCUT2D eigenvalue weighted by molar-refractivity contribution is 5.97. The maximum atomic E-state index is 11.2. The molecule has 0 saturated carbocycles. The normalized spacial score (nSPS) is 10.6. The third-order valence-corrected chi connectivity index (χ3v) is 2.92. The highest BCUT2D eigenvalue weighted by atomic mass is 16.4. The molecular formula is C14H9N3O3. The number of nitrogens with zero attached hydrogens (tertiary/aromatic N) is 3. The van der Waals surface area contributed by atoms with Crippen LogP contribution in [-0.4, -0.2) is 32.1 Å². The molecule has 6 heteroatoms. The molecule has 0 bridgehead atoms. The fraction of sp³-hybridized carbons (Fsp3) is 0. The molecule has 0 atom stereocenters. The Balaban J connectivity index is 2.20. The minimum atomic E-state index is -1.10. The Hall–Kier alpha value is -3.02. The number of aldehydes is 1. The highest BCUT2D eigenvalue weighted by Gasteiger charge is 2.10. The molecule has 0 spiro atoms. The number of fused-ring (bicyclic) bond motifs is 1. The van der Waals surface area contributed by atoms with Gasteiger partial charge in [0.05, 0.1) is 11.2 Å². The number of aromatic nitrogens is 3. The van der Waals surface area contributed by atoms with Crippen molar-refractivity contribution in [2.75, 3.05) is 0 Å². The van der Waals surface area contributed by atoms with Gasteiger partial charge in [0.1, 0.15) is 0 Å². The number of hydrogen-bond acceptors (Lipinski definition) is 4. The molecule has 20 heavy (non-hydrogen) atoms. The molecule has 0 aliphatic heterocycles. The molecule has 2 aromatic heterocycles. The zero-order valence-corrected chi connectivity index (χ0v) is 10.2. The summed E-state index contributed by atoms with van der Waals surface area (Å²) in [6.45, 7) is 0. The van der Waals surface area contributed by atoms with Crippen LogP contribution in [0.5, 0.6) is 0 Å². The summed E-state index contributed by atoms with van der Waals surface area (Å²) in [5.41, 5.74) is 1.60. The van der Waals surface area contributed by atoms with Crippen LogP contribution in [0, 0.1) is 0 Å². The van der Waals surface area contributed by atoms with Gasteiger partial charge in [-0.25, -0.2) is 9.48 Å². The Bertz CT molecular complexity index is 823. The number of carboxylic acids is 1. The molecule has 0 aliphatic carbocycles. The van der Waals surface area contributed by atoms with Crippen molar-refractivity contribution in [2.45, 2.75) is 0 Å². The topological polar surface area (TPSA) is 85.1 Å². The third-order valence-electron chi connectivity index (χ3n) is 2.92. The van der Waals surface area contributed by atoms with Crippen LogP contribution in [0.2, 0.25) is 0 Å². The van der Waals surface area contributed by atoms with Gasteiger partial charge in [-0.1, -0.05) is 6.07 Å². The van der Waals surface area contributed by atoms with Crippen LogP contribution in [-0.2, 0) is 0 Å². The van der Waals surface area contributed by atoms with Crippen LogP contribution in [0.1, 0.15) is 20.8 Å². The SMILES string of the molecule is O=Cc1cc(-n2ccc(C(=O)O)n2)cc2cccnc12. The molecule has 0 amide bonds. The van der Waals surface area contributed by atoms with Gasteiger partial charge in [0.25, 0.3) is 0 Å². The van der Waals surface area contributed by atoms with E-state index in [9.17, 15) is 9.59 Å². The molecule has 98 valence electrons. The summed E-state index contributed by atoms with van der Waals surface area (Å²) < 4.78 is 1.42. The summed E-state index contributed by atoms with van der Waals surface area (Å²) in [7, 11) is 0. The first-order valence-corrected chi connectivity index (χ1v) is 5.82. The van der Waals surface area contributed by atoms with Crippen molar-refractivity contribution >= 4 is 23.2 Å². The largest absolute Gasteiger partial charge is 0.476 e. The molecular weight excluding hydrogens is 258 g/mol. The van der Waals surface area contributed by atoms with Crippen LogP contribution in [0.15, 0.2) is 42.7 Å². The summed E-state index contributed by atoms with van der Waals surface area (Å²) in [6, 6.07) is 8.43. The Morgan fingerprint density at radius 1 is 1.30 bits per heavy atom. The molecule has 0 fully saturated rings. The average Bonchev–Trinajstić information content (AvgIpc) is 2.96. The van der Waals surface area contributed by atoms with Gasteiger partial charge in [-0.05, 0) is 24.3 Å². The van der Waals surface area contributed by atoms with E-state index in [1.165, 1.54) is 16.9 Å². The molecule has 0 aliphatic rings. The Morgan fingerprint density at radius 2 is 2.15 bits per heavy atom. The van der Waals surface area contributed by atoms with E-state index in [-0.39, 0.29) is 5.69 Å². The first kappa shape index (κ1) is 12.0. The number of pyridine rings is 1. The number of rotatable bonds is 3. The number of carboxylic acid groups (broad SMARTS) is 1. The summed E-state index contributed by atoms with van der Waals surface area (Å²) in [5, 5.41) is 13.6. The fourth-order valence-corrected chi connectivity index (χ4v) is 2.01. The van der Waals surface area contributed by atoms with E-state index in [0.29, 0.717) is 16.8 Å². The monoisotopic (exact) mass is 267 g/mol. The minimum Gasteiger partial charge on any atom is -0.476 e. The van der Waals surface area contributed by atoms with Crippen molar-refractivity contribution in [3.05, 3.63) is 54.0 Å². The lowest BCUT2D eigenvalue weighted by Crippen LogP contribution is -2.02. The first-order chi connectivity index (χ1) is 9.69. The lowest BCUT2D eigenvalue weighted by molar-refractivity contribution is 0.0690. The first-order valence-electron chi connectivity index (χ1n) is 5.82. The van der Waals surface area contributed by atoms with E-state index in [4.69, 9.17) is 5.11 Å². The van der Waals surface area contributed by atoms with Crippen molar-refractivity contribution in [2.24, 2.45) is 0 Å². The summed E-state index contributed by atoms with van der Waals surface area (Å²) >= 11 is 0. The van der Waals surface area contributed by atoms with Crippen molar-refractivity contribution in [3.8, 4) is 5.69 Å². The van der Waals surface area contributed by atoms with Gasteiger partial charge < -0.3 is 5.11 Å². The minimum absolute atomic E-state index is 0.0519. The van der Waals surface area contributed by atoms with Crippen LogP contribution in [0.25, 0.3) is 16.6 Å². The summed E-state index contributed by atoms with van der Waals surface area (Å²) in [5.74, 6) is -1.10. The molecule has 1 N–H and O–H groups in total. The van der Waals surface area contributed by atoms with Crippen molar-refractivity contribution in [1.29, 1.82) is 0 Å². The lowest BCUT2D eigenvalue weighted by atomic mass is 10.1. The third kappa shape index (κ3) is 1.93. The quantitative estimate of drug-likeness (QED) is 0.733. The zero-order valence-electron chi connectivity index (χ0n) is 10.2. The van der Waals surface area contributed by atoms with Crippen molar-refractivity contribution in [1.82, 2.24) is 14.8 Å². The second kappa shape index (κ2) is 4.58. The van der Waals surface area contributed by atoms with E-state index in [2.05, 4.69) is 10.1 Å². The predicted octanol–water partition coefficient (Wildman–Crippen LogP) is 1.93. The number of carbonyl (C=O) groups excluding carboxylic acids is 1. The summed E-state index contributed by atoms with van der Waals surface area (Å²) in [6.07, 6.45) is 3.88. The molecule has 0 saturated heterocycles. The second-order valence-corrected chi connectivity index (χ2v) is 4.18. The van der Waals surface area contributed by atoms with Gasteiger partial charge in [-0.2, -0.15) is 5.10 Å². The van der Waals surface area contributed by atoms with Gasteiger partial charge in [0.2, 0.25) is 0 Å². The van der Waals surface area contributed by atoms with Crippen LogP contribution < -0.4 is 0 Å². The molecule has 0 unspecified atom stereocenters. The standard InChI is InChI=1S/C14H9N3O3/c18-8-10-7-11(6-9-2-1-4-15-13(9)10)17-5-3-12(16-17)14(19)20/h1-8H,(H,19,20). The van der Waals surface area contributed by atoms with E-state index in [0.717, 1.165) is 11.7 Å². The van der Waals surface area contributed by atoms with E-state index >= 15 is 0 Å². The maximum Gasteiger partial charge on any atom is 0.356 e. The van der Waals surface area contributed by atoms with Gasteiger partial charge in [-0.3, -0.25) is 9.78 Å². The van der Waals surface area contributed by atoms with E-state index in [1.807, 2.05) is 6.07 Å². The number of aromatic carboxylic acids is 1. The van der Waals surface area contributed by atoms with Gasteiger partial charge in [0, 0.05) is 23.3 Å². The molecule has 1 aromatic carbocycles. The van der Waals surface area contributed by atoms with Crippen LogP contribution in [0.3, 0.4) is 0 Å². The van der Waals surface area contributed by atoms with E-state index < -0.39 is 5.97 Å². The maximum absolute atomic E-state index is 11.2. The number of hydrogen-bond donors (Lipinski definition) is 1. The summed E-state index contributed by atoms with van der Waals surface area (Å²) in [4.78, 5) is 26.2. The van der Waals surface area contributed by atoms with Gasteiger partial charge in [-0.15, -0.1) is 0 Å². The van der Waals surface area contributed by atoms with E-state index in [1.54, 1.807) is 24.4 Å². The lowest BCUT2D eigenvalue weighted by Gasteiger charge is -2.05. The highest BCUT2D eigenvalue weighted by Crippen LogP contribution is 2.20. The second-order valence-electron chi connectivity index (χ2n) is 4.18. The smallest absolute Gasteiger partial charge is 0.356 e. The predicted molar refractivity (Wildman–Crippen MR) is 71.2 cm³/mol.